The van der Waals surface area contributed by atoms with Gasteiger partial charge in [-0.15, -0.1) is 24.0 Å². The number of nitrogens with two attached hydrogens (primary N) is 1. The van der Waals surface area contributed by atoms with E-state index in [-0.39, 0.29) is 29.7 Å². The first-order chi connectivity index (χ1) is 11.1. The number of likely N-dealkylation sites (tertiary alicyclic amines) is 1. The average molecular weight is 450 g/mol. The lowest BCUT2D eigenvalue weighted by Crippen LogP contribution is -2.40. The summed E-state index contributed by atoms with van der Waals surface area (Å²) in [5.41, 5.74) is 5.18. The van der Waals surface area contributed by atoms with Crippen LogP contribution in [0.25, 0.3) is 0 Å². The van der Waals surface area contributed by atoms with Crippen LogP contribution in [0.1, 0.15) is 36.6 Å². The number of amides is 1. The van der Waals surface area contributed by atoms with Crippen molar-refractivity contribution < 1.29 is 13.9 Å². The monoisotopic (exact) mass is 450 g/mol. The lowest BCUT2D eigenvalue weighted by atomic mass is 10.1. The molecule has 0 spiro atoms. The van der Waals surface area contributed by atoms with Crippen molar-refractivity contribution in [3.8, 4) is 0 Å². The Labute approximate surface area is 160 Å². The molecule has 1 aliphatic heterocycles. The fourth-order valence-electron chi connectivity index (χ4n) is 2.62. The van der Waals surface area contributed by atoms with Gasteiger partial charge in [-0.05, 0) is 32.4 Å². The Morgan fingerprint density at radius 2 is 2.29 bits per heavy atom. The standard InChI is InChI=1S/C16H26N4O3.HI/c1-3-18-16(20-8-7-12(10-20)11-22-4-2)19-9-13-5-6-14(23-13)15(17)21;/h5-6,12H,3-4,7-11H2,1-2H3,(H2,17,21)(H,18,19);1H. The molecule has 2 rings (SSSR count). The lowest BCUT2D eigenvalue weighted by Gasteiger charge is -2.21. The van der Waals surface area contributed by atoms with E-state index in [0.717, 1.165) is 45.2 Å². The molecule has 1 aromatic rings. The average Bonchev–Trinajstić information content (AvgIpc) is 3.18. The predicted molar refractivity (Wildman–Crippen MR) is 104 cm³/mol. The Balaban J connectivity index is 0.00000288. The van der Waals surface area contributed by atoms with Gasteiger partial charge in [0.15, 0.2) is 11.7 Å². The molecule has 0 saturated carbocycles. The molecule has 2 heterocycles. The number of carbonyl (C=O) groups is 1. The molecular formula is C16H27IN4O3. The zero-order valence-electron chi connectivity index (χ0n) is 14.3. The number of aliphatic imine (C=N–C) groups is 1. The summed E-state index contributed by atoms with van der Waals surface area (Å²) in [5.74, 6) is 1.63. The first kappa shape index (κ1) is 20.8. The summed E-state index contributed by atoms with van der Waals surface area (Å²) in [7, 11) is 0. The number of carbonyl (C=O) groups excluding carboxylic acids is 1. The number of guanidine groups is 1. The van der Waals surface area contributed by atoms with E-state index >= 15 is 0 Å². The highest BCUT2D eigenvalue weighted by Gasteiger charge is 2.24. The SMILES string of the molecule is CCNC(=NCc1ccc(C(N)=O)o1)N1CCC(COCC)C1.I. The van der Waals surface area contributed by atoms with Crippen molar-refractivity contribution in [2.24, 2.45) is 16.6 Å². The number of nitrogens with one attached hydrogen (secondary N) is 1. The Hall–Kier alpha value is -1.29. The minimum absolute atomic E-state index is 0. The summed E-state index contributed by atoms with van der Waals surface area (Å²) in [4.78, 5) is 17.9. The summed E-state index contributed by atoms with van der Waals surface area (Å²) in [6.07, 6.45) is 1.11. The number of furan rings is 1. The summed E-state index contributed by atoms with van der Waals surface area (Å²) in [6, 6.07) is 3.31. The molecule has 7 nitrogen and oxygen atoms in total. The molecule has 1 saturated heterocycles. The van der Waals surface area contributed by atoms with E-state index in [9.17, 15) is 4.79 Å². The van der Waals surface area contributed by atoms with E-state index in [1.807, 2.05) is 13.8 Å². The molecule has 0 aliphatic carbocycles. The normalized spacial score (nSPS) is 17.7. The molecule has 1 aliphatic rings. The second-order valence-corrected chi connectivity index (χ2v) is 5.56. The number of rotatable bonds is 7. The van der Waals surface area contributed by atoms with E-state index in [1.54, 1.807) is 12.1 Å². The predicted octanol–water partition coefficient (Wildman–Crippen LogP) is 1.82. The van der Waals surface area contributed by atoms with E-state index in [1.165, 1.54) is 0 Å². The first-order valence-corrected chi connectivity index (χ1v) is 8.13. The van der Waals surface area contributed by atoms with Crippen molar-refractivity contribution in [3.05, 3.63) is 23.7 Å². The van der Waals surface area contributed by atoms with Crippen molar-refractivity contribution in [1.29, 1.82) is 0 Å². The number of primary amides is 1. The zero-order chi connectivity index (χ0) is 16.7. The Bertz CT molecular complexity index is 547. The van der Waals surface area contributed by atoms with Crippen LogP contribution >= 0.6 is 24.0 Å². The molecule has 0 bridgehead atoms. The van der Waals surface area contributed by atoms with Crippen LogP contribution in [-0.2, 0) is 11.3 Å². The van der Waals surface area contributed by atoms with Gasteiger partial charge in [0.1, 0.15) is 12.3 Å². The van der Waals surface area contributed by atoms with Gasteiger partial charge in [-0.25, -0.2) is 4.99 Å². The number of nitrogens with zero attached hydrogens (tertiary/aromatic N) is 2. The zero-order valence-corrected chi connectivity index (χ0v) is 16.6. The fraction of sp³-hybridized carbons (Fsp3) is 0.625. The minimum Gasteiger partial charge on any atom is -0.454 e. The van der Waals surface area contributed by atoms with Gasteiger partial charge in [0.25, 0.3) is 5.91 Å². The maximum Gasteiger partial charge on any atom is 0.284 e. The number of hydrogen-bond donors (Lipinski definition) is 2. The minimum atomic E-state index is -0.564. The number of hydrogen-bond acceptors (Lipinski definition) is 4. The van der Waals surface area contributed by atoms with Crippen molar-refractivity contribution in [2.45, 2.75) is 26.8 Å². The molecule has 0 radical (unpaired) electrons. The van der Waals surface area contributed by atoms with Crippen LogP contribution in [0.4, 0.5) is 0 Å². The van der Waals surface area contributed by atoms with Crippen molar-refractivity contribution in [1.82, 2.24) is 10.2 Å². The van der Waals surface area contributed by atoms with Crippen molar-refractivity contribution in [2.75, 3.05) is 32.8 Å². The summed E-state index contributed by atoms with van der Waals surface area (Å²) >= 11 is 0. The second kappa shape index (κ2) is 10.5. The molecule has 136 valence electrons. The summed E-state index contributed by atoms with van der Waals surface area (Å²) in [6.45, 7) is 8.70. The van der Waals surface area contributed by atoms with Gasteiger partial charge in [0.05, 0.1) is 6.61 Å². The molecular weight excluding hydrogens is 423 g/mol. The van der Waals surface area contributed by atoms with Crippen LogP contribution in [0.5, 0.6) is 0 Å². The third kappa shape index (κ3) is 5.97. The van der Waals surface area contributed by atoms with Gasteiger partial charge in [-0.3, -0.25) is 4.79 Å². The van der Waals surface area contributed by atoms with Gasteiger partial charge in [-0.1, -0.05) is 0 Å². The third-order valence-corrected chi connectivity index (χ3v) is 3.77. The van der Waals surface area contributed by atoms with E-state index in [0.29, 0.717) is 18.2 Å². The summed E-state index contributed by atoms with van der Waals surface area (Å²) < 4.78 is 10.9. The highest BCUT2D eigenvalue weighted by atomic mass is 127. The molecule has 24 heavy (non-hydrogen) atoms. The molecule has 0 aromatic carbocycles. The van der Waals surface area contributed by atoms with E-state index < -0.39 is 5.91 Å². The quantitative estimate of drug-likeness (QED) is 0.376. The van der Waals surface area contributed by atoms with Crippen LogP contribution in [0.15, 0.2) is 21.5 Å². The van der Waals surface area contributed by atoms with Gasteiger partial charge < -0.3 is 25.1 Å². The Morgan fingerprint density at radius 3 is 2.92 bits per heavy atom. The number of halogens is 1. The van der Waals surface area contributed by atoms with Crippen LogP contribution < -0.4 is 11.1 Å². The maximum atomic E-state index is 11.0. The van der Waals surface area contributed by atoms with Crippen LogP contribution in [0, 0.1) is 5.92 Å². The number of ether oxygens (including phenoxy) is 1. The lowest BCUT2D eigenvalue weighted by molar-refractivity contribution is 0.0972. The van der Waals surface area contributed by atoms with Crippen LogP contribution in [0.2, 0.25) is 0 Å². The highest BCUT2D eigenvalue weighted by Crippen LogP contribution is 2.17. The topological polar surface area (TPSA) is 93.1 Å². The second-order valence-electron chi connectivity index (χ2n) is 5.56. The highest BCUT2D eigenvalue weighted by molar-refractivity contribution is 14.0. The molecule has 1 fully saturated rings. The Kier molecular flexibility index (Phi) is 9.12. The first-order valence-electron chi connectivity index (χ1n) is 8.13. The smallest absolute Gasteiger partial charge is 0.284 e. The molecule has 1 atom stereocenters. The van der Waals surface area contributed by atoms with Crippen molar-refractivity contribution in [3.63, 3.8) is 0 Å². The Morgan fingerprint density at radius 1 is 1.50 bits per heavy atom. The van der Waals surface area contributed by atoms with E-state index in [4.69, 9.17) is 14.9 Å². The molecule has 1 amide bonds. The molecule has 1 aromatic heterocycles. The molecule has 1 unspecified atom stereocenters. The maximum absolute atomic E-state index is 11.0. The van der Waals surface area contributed by atoms with Crippen LogP contribution in [0.3, 0.4) is 0 Å². The largest absolute Gasteiger partial charge is 0.454 e. The van der Waals surface area contributed by atoms with Crippen LogP contribution in [-0.4, -0.2) is 49.6 Å². The van der Waals surface area contributed by atoms with Gasteiger partial charge in [-0.2, -0.15) is 0 Å². The van der Waals surface area contributed by atoms with Gasteiger partial charge >= 0.3 is 0 Å². The third-order valence-electron chi connectivity index (χ3n) is 3.77. The summed E-state index contributed by atoms with van der Waals surface area (Å²) in [5, 5.41) is 3.30. The molecule has 3 N–H and O–H groups in total. The molecule has 8 heteroatoms. The van der Waals surface area contributed by atoms with Gasteiger partial charge in [0.2, 0.25) is 0 Å². The van der Waals surface area contributed by atoms with E-state index in [2.05, 4.69) is 15.2 Å². The fourth-order valence-corrected chi connectivity index (χ4v) is 2.62. The van der Waals surface area contributed by atoms with Gasteiger partial charge in [0, 0.05) is 32.2 Å². The van der Waals surface area contributed by atoms with Crippen molar-refractivity contribution >= 4 is 35.8 Å².